The molecule has 1 unspecified atom stereocenters. The van der Waals surface area contributed by atoms with E-state index in [1.54, 1.807) is 0 Å². The lowest BCUT2D eigenvalue weighted by atomic mass is 9.74. The van der Waals surface area contributed by atoms with Crippen LogP contribution in [-0.2, 0) is 28.1 Å². The van der Waals surface area contributed by atoms with Gasteiger partial charge >= 0.3 is 0 Å². The number of para-hydroxylation sites is 1. The van der Waals surface area contributed by atoms with Crippen molar-refractivity contribution in [3.05, 3.63) is 195 Å². The molecule has 0 N–H and O–H groups in total. The Morgan fingerprint density at radius 3 is 1.39 bits per heavy atom. The SMILES string of the molecule is CN1c2ccccc2C(=O)c2cc(cc(-c3c(-n4c5c(c6cc(C(C)(C)C)ccc64)CC(C(C)(C)C)C=C5)cccc3-n3c4ccc(C(C)(C)C)cc4c4cc(C(C)(C)C)ccc43)c2)C(=O)c2cc(C(C)(C)C)ccc21. The predicted molar refractivity (Wildman–Crippen MR) is 321 cm³/mol. The first kappa shape index (κ1) is 50.9. The highest BCUT2D eigenvalue weighted by Gasteiger charge is 2.33. The van der Waals surface area contributed by atoms with Crippen molar-refractivity contribution in [2.45, 2.75) is 132 Å². The fourth-order valence-electron chi connectivity index (χ4n) is 11.9. The third-order valence-electron chi connectivity index (χ3n) is 16.7. The molecule has 5 heteroatoms. The Morgan fingerprint density at radius 2 is 0.855 bits per heavy atom. The Bertz CT molecular complexity index is 3850. The van der Waals surface area contributed by atoms with E-state index in [2.05, 4.69) is 228 Å². The van der Waals surface area contributed by atoms with Crippen molar-refractivity contribution in [3.63, 3.8) is 0 Å². The smallest absolute Gasteiger partial charge is 0.195 e. The first-order valence-corrected chi connectivity index (χ1v) is 27.4. The lowest BCUT2D eigenvalue weighted by molar-refractivity contribution is 0.103. The number of benzene rings is 7. The molecule has 5 nitrogen and oxygen atoms in total. The lowest BCUT2D eigenvalue weighted by Gasteiger charge is -2.31. The number of allylic oxidation sites excluding steroid dienone is 1. The van der Waals surface area contributed by atoms with E-state index in [1.165, 1.54) is 38.4 Å². The molecular weight excluding hydrogens is 927 g/mol. The summed E-state index contributed by atoms with van der Waals surface area (Å²) >= 11 is 0. The Balaban J connectivity index is 1.30. The second kappa shape index (κ2) is 17.4. The molecule has 0 fully saturated rings. The van der Waals surface area contributed by atoms with E-state index in [-0.39, 0.29) is 38.6 Å². The van der Waals surface area contributed by atoms with Crippen molar-refractivity contribution in [2.75, 3.05) is 11.9 Å². The molecule has 7 aromatic carbocycles. The molecule has 0 saturated heterocycles. The van der Waals surface area contributed by atoms with E-state index in [0.29, 0.717) is 28.2 Å². The van der Waals surface area contributed by atoms with E-state index >= 15 is 9.59 Å². The van der Waals surface area contributed by atoms with E-state index in [9.17, 15) is 0 Å². The van der Waals surface area contributed by atoms with E-state index < -0.39 is 0 Å². The third-order valence-corrected chi connectivity index (χ3v) is 16.7. The number of carbonyl (C=O) groups is 2. The summed E-state index contributed by atoms with van der Waals surface area (Å²) in [5.41, 5.74) is 17.6. The summed E-state index contributed by atoms with van der Waals surface area (Å²) in [5.74, 6) is 0.0800. The minimum Gasteiger partial charge on any atom is -0.343 e. The summed E-state index contributed by atoms with van der Waals surface area (Å²) in [6, 6.07) is 47.7. The van der Waals surface area contributed by atoms with Gasteiger partial charge in [-0.3, -0.25) is 9.59 Å². The maximum absolute atomic E-state index is 15.8. The van der Waals surface area contributed by atoms with Crippen molar-refractivity contribution in [1.29, 1.82) is 0 Å². The van der Waals surface area contributed by atoms with E-state index in [4.69, 9.17) is 0 Å². The zero-order valence-electron chi connectivity index (χ0n) is 47.8. The highest BCUT2D eigenvalue weighted by atomic mass is 16.1. The molecule has 11 rings (SSSR count). The number of anilines is 2. The van der Waals surface area contributed by atoms with Crippen molar-refractivity contribution >= 4 is 61.7 Å². The van der Waals surface area contributed by atoms with Crippen LogP contribution in [0.3, 0.4) is 0 Å². The van der Waals surface area contributed by atoms with Gasteiger partial charge in [0.25, 0.3) is 0 Å². The number of nitrogens with zero attached hydrogens (tertiary/aromatic N) is 3. The molecule has 2 bridgehead atoms. The molecule has 76 heavy (non-hydrogen) atoms. The molecule has 386 valence electrons. The molecule has 9 aromatic rings. The summed E-state index contributed by atoms with van der Waals surface area (Å²) in [4.78, 5) is 33.3. The molecule has 0 saturated carbocycles. The summed E-state index contributed by atoms with van der Waals surface area (Å²) in [6.07, 6.45) is 5.69. The summed E-state index contributed by atoms with van der Waals surface area (Å²) in [5, 5.41) is 3.63. The molecule has 2 aromatic heterocycles. The van der Waals surface area contributed by atoms with Gasteiger partial charge in [-0.25, -0.2) is 0 Å². The molecule has 0 radical (unpaired) electrons. The van der Waals surface area contributed by atoms with Crippen molar-refractivity contribution in [2.24, 2.45) is 11.3 Å². The van der Waals surface area contributed by atoms with Gasteiger partial charge in [0, 0.05) is 56.7 Å². The molecule has 1 aliphatic heterocycles. The van der Waals surface area contributed by atoms with Gasteiger partial charge in [0.05, 0.1) is 39.3 Å². The first-order chi connectivity index (χ1) is 35.6. The second-order valence-corrected chi connectivity index (χ2v) is 27.2. The van der Waals surface area contributed by atoms with Crippen LogP contribution in [0.5, 0.6) is 0 Å². The van der Waals surface area contributed by atoms with Crippen molar-refractivity contribution < 1.29 is 9.59 Å². The fraction of sp³-hybridized carbons (Fsp3) is 0.324. The highest BCUT2D eigenvalue weighted by molar-refractivity contribution is 6.19. The van der Waals surface area contributed by atoms with Crippen LogP contribution in [0, 0.1) is 11.3 Å². The van der Waals surface area contributed by atoms with Crippen molar-refractivity contribution in [3.8, 4) is 22.5 Å². The Morgan fingerprint density at radius 1 is 0.421 bits per heavy atom. The average molecular weight is 1000 g/mol. The minimum atomic E-state index is -0.213. The van der Waals surface area contributed by atoms with Crippen LogP contribution in [0.15, 0.2) is 140 Å². The molecule has 0 amide bonds. The lowest BCUT2D eigenvalue weighted by Crippen LogP contribution is -2.23. The molecule has 0 spiro atoms. The van der Waals surface area contributed by atoms with Gasteiger partial charge in [0.2, 0.25) is 0 Å². The number of hydrogen-bond donors (Lipinski definition) is 0. The zero-order valence-corrected chi connectivity index (χ0v) is 47.8. The fourth-order valence-corrected chi connectivity index (χ4v) is 11.9. The predicted octanol–water partition coefficient (Wildman–Crippen LogP) is 18.4. The molecular formula is C71H75N3O2. The van der Waals surface area contributed by atoms with Crippen LogP contribution in [0.4, 0.5) is 11.4 Å². The van der Waals surface area contributed by atoms with Crippen LogP contribution >= 0.6 is 0 Å². The van der Waals surface area contributed by atoms with Crippen LogP contribution in [0.2, 0.25) is 0 Å². The van der Waals surface area contributed by atoms with Crippen LogP contribution in [-0.4, -0.2) is 27.7 Å². The van der Waals surface area contributed by atoms with Crippen LogP contribution in [0.25, 0.3) is 61.3 Å². The Hall–Kier alpha value is -7.24. The summed E-state index contributed by atoms with van der Waals surface area (Å²) < 4.78 is 4.92. The molecule has 3 heterocycles. The standard InChI is InChI=1S/C71H75N3O2/c1-67(2,3)45-25-30-58-51(37-45)52-38-46(68(4,5)6)26-31-59(52)73(58)62-22-19-23-63(74-60-32-27-47(69(7,8)9)39-53(60)54-40-48(70(10,11)12)28-33-61(54)74)64(62)42-34-43-36-44(35-42)66(76)55-41-49(71(13,14)15)24-29-57(55)72(16)56-21-18-17-20-50(56)65(43)75/h17-39,41,48H,40H2,1-16H3. The maximum Gasteiger partial charge on any atom is 0.195 e. The van der Waals surface area contributed by atoms with E-state index in [0.717, 1.165) is 68.1 Å². The topological polar surface area (TPSA) is 47.2 Å². The number of ketones is 2. The number of aromatic nitrogens is 2. The second-order valence-electron chi connectivity index (χ2n) is 27.2. The number of carbonyl (C=O) groups excluding carboxylic acids is 2. The average Bonchev–Trinajstić information content (AvgIpc) is 3.94. The van der Waals surface area contributed by atoms with Gasteiger partial charge in [-0.15, -0.1) is 0 Å². The molecule has 1 aliphatic carbocycles. The van der Waals surface area contributed by atoms with Gasteiger partial charge in [-0.1, -0.05) is 152 Å². The number of hydrogen-bond acceptors (Lipinski definition) is 3. The van der Waals surface area contributed by atoms with Gasteiger partial charge < -0.3 is 14.0 Å². The van der Waals surface area contributed by atoms with Crippen LogP contribution in [0.1, 0.15) is 169 Å². The van der Waals surface area contributed by atoms with E-state index in [1.807, 2.05) is 42.3 Å². The monoisotopic (exact) mass is 1000 g/mol. The molecule has 2 aliphatic rings. The first-order valence-electron chi connectivity index (χ1n) is 27.4. The van der Waals surface area contributed by atoms with Gasteiger partial charge in [0.15, 0.2) is 11.6 Å². The van der Waals surface area contributed by atoms with Crippen LogP contribution < -0.4 is 4.90 Å². The zero-order chi connectivity index (χ0) is 54.3. The number of fused-ring (bicyclic) bond motifs is 10. The summed E-state index contributed by atoms with van der Waals surface area (Å²) in [6.45, 7) is 34.2. The minimum absolute atomic E-state index is 0.0589. The quantitative estimate of drug-likeness (QED) is 0.177. The Labute approximate surface area is 451 Å². The van der Waals surface area contributed by atoms with Gasteiger partial charge in [-0.05, 0) is 170 Å². The number of rotatable bonds is 3. The highest BCUT2D eigenvalue weighted by Crippen LogP contribution is 2.47. The molecule has 1 atom stereocenters. The Kier molecular flexibility index (Phi) is 11.6. The normalized spacial score (nSPS) is 15.4. The third kappa shape index (κ3) is 8.46. The summed E-state index contributed by atoms with van der Waals surface area (Å²) in [7, 11) is 1.96. The van der Waals surface area contributed by atoms with Gasteiger partial charge in [-0.2, -0.15) is 0 Å². The maximum atomic E-state index is 15.8. The van der Waals surface area contributed by atoms with Gasteiger partial charge in [0.1, 0.15) is 0 Å². The largest absolute Gasteiger partial charge is 0.343 e. The van der Waals surface area contributed by atoms with Crippen molar-refractivity contribution in [1.82, 2.24) is 9.13 Å².